The molecule has 6 rings (SSSR count). The number of hydrogen-bond acceptors (Lipinski definition) is 4. The Morgan fingerprint density at radius 1 is 0.936 bits per heavy atom. The molecule has 2 aliphatic heterocycles. The molecule has 0 spiro atoms. The lowest BCUT2D eigenvalue weighted by Gasteiger charge is -2.31. The van der Waals surface area contributed by atoms with Crippen molar-refractivity contribution < 1.29 is 23.8 Å². The number of carbonyl (C=O) groups excluding carboxylic acids is 1. The molecule has 2 heterocycles. The van der Waals surface area contributed by atoms with E-state index in [1.807, 2.05) is 49.9 Å². The fourth-order valence-electron chi connectivity index (χ4n) is 7.04. The number of ether oxygens (including phenoxy) is 1. The van der Waals surface area contributed by atoms with Gasteiger partial charge in [-0.05, 0) is 76.9 Å². The van der Waals surface area contributed by atoms with E-state index in [4.69, 9.17) is 4.74 Å². The van der Waals surface area contributed by atoms with Crippen molar-refractivity contribution in [3.05, 3.63) is 101 Å². The van der Waals surface area contributed by atoms with E-state index in [1.54, 1.807) is 24.3 Å². The van der Waals surface area contributed by atoms with Crippen molar-refractivity contribution >= 4 is 28.3 Å². The quantitative estimate of drug-likeness (QED) is 0.250. The van der Waals surface area contributed by atoms with Crippen LogP contribution < -0.4 is 0 Å². The fourth-order valence-corrected chi connectivity index (χ4v) is 7.04. The monoisotopic (exact) mass is 638 g/mol. The first-order valence-corrected chi connectivity index (χ1v) is 17.2. The molecular weight excluding hydrogens is 591 g/mol. The van der Waals surface area contributed by atoms with Gasteiger partial charge in [0.1, 0.15) is 12.4 Å². The molecule has 3 aromatic rings. The maximum absolute atomic E-state index is 14.6. The molecule has 0 aromatic heterocycles. The van der Waals surface area contributed by atoms with Gasteiger partial charge in [0.25, 0.3) is 0 Å². The number of carboxylic acids is 1. The molecule has 1 saturated carbocycles. The lowest BCUT2D eigenvalue weighted by Crippen LogP contribution is -2.44. The number of nitrogens with zero attached hydrogens (tertiary/aromatic N) is 2. The predicted molar refractivity (Wildman–Crippen MR) is 187 cm³/mol. The molecule has 7 heteroatoms. The summed E-state index contributed by atoms with van der Waals surface area (Å²) in [6, 6.07) is 19.1. The minimum atomic E-state index is -0.965. The molecule has 0 unspecified atom stereocenters. The lowest BCUT2D eigenvalue weighted by atomic mass is 9.81. The van der Waals surface area contributed by atoms with Crippen molar-refractivity contribution in [1.82, 2.24) is 9.80 Å². The molecule has 1 aliphatic carbocycles. The van der Waals surface area contributed by atoms with Gasteiger partial charge in [-0.25, -0.2) is 9.18 Å². The summed E-state index contributed by atoms with van der Waals surface area (Å²) in [6.45, 7) is 8.21. The van der Waals surface area contributed by atoms with Crippen LogP contribution in [-0.2, 0) is 14.3 Å². The van der Waals surface area contributed by atoms with Crippen molar-refractivity contribution in [2.45, 2.75) is 65.7 Å². The molecule has 0 bridgehead atoms. The molecule has 248 valence electrons. The number of halogens is 1. The Morgan fingerprint density at radius 3 is 2.26 bits per heavy atom. The van der Waals surface area contributed by atoms with Crippen LogP contribution in [0, 0.1) is 11.7 Å². The standard InChI is InChI=1S/C38H41FN2O4.C2H6/c1-2-8-31(38(43)44)23-32-24-34(26-9-4-3-5-10-26)37(41(32)25-36(42)40-17-19-45-20-18-40)30-16-14-27-21-29(15-13-28(27)22-30)33-11-6-7-12-35(33)39;1-2/h6-8,11-16,21-23,26H,2-5,9-10,17-20,24-25H2,1H3,(H,43,44);1-2H3/b31-8+,32-23+;. The van der Waals surface area contributed by atoms with Crippen LogP contribution in [0.25, 0.3) is 27.6 Å². The number of fused-ring (bicyclic) bond motifs is 1. The SMILES string of the molecule is CC.CC/C=C(\C=C1/CC(C2CCCCC2)=C(c2ccc3cc(-c4ccccc4F)ccc3c2)N1CC(=O)N1CCOCC1)C(=O)O. The number of allylic oxidation sites excluding steroid dienone is 2. The molecule has 6 nitrogen and oxygen atoms in total. The third-order valence-corrected chi connectivity index (χ3v) is 9.34. The van der Waals surface area contributed by atoms with Crippen molar-refractivity contribution in [3.63, 3.8) is 0 Å². The molecule has 1 amide bonds. The van der Waals surface area contributed by atoms with E-state index in [9.17, 15) is 19.1 Å². The first-order chi connectivity index (χ1) is 22.9. The van der Waals surface area contributed by atoms with E-state index >= 15 is 0 Å². The van der Waals surface area contributed by atoms with Crippen molar-refractivity contribution in [2.24, 2.45) is 5.92 Å². The Labute approximate surface area is 278 Å². The van der Waals surface area contributed by atoms with Gasteiger partial charge in [-0.1, -0.05) is 88.6 Å². The van der Waals surface area contributed by atoms with Crippen LogP contribution in [0.15, 0.2) is 89.7 Å². The number of carboxylic acid groups (broad SMARTS) is 1. The van der Waals surface area contributed by atoms with Gasteiger partial charge < -0.3 is 19.6 Å². The number of hydrogen-bond donors (Lipinski definition) is 1. The summed E-state index contributed by atoms with van der Waals surface area (Å²) in [5.74, 6) is -0.825. The summed E-state index contributed by atoms with van der Waals surface area (Å²) in [6.07, 6.45) is 10.5. The average molecular weight is 639 g/mol. The highest BCUT2D eigenvalue weighted by Gasteiger charge is 2.35. The minimum Gasteiger partial charge on any atom is -0.478 e. The Kier molecular flexibility index (Phi) is 11.6. The van der Waals surface area contributed by atoms with Crippen LogP contribution in [0.1, 0.15) is 71.3 Å². The molecule has 1 saturated heterocycles. The molecule has 2 fully saturated rings. The smallest absolute Gasteiger partial charge is 0.335 e. The zero-order chi connectivity index (χ0) is 33.3. The van der Waals surface area contributed by atoms with Crippen LogP contribution in [0.3, 0.4) is 0 Å². The van der Waals surface area contributed by atoms with Crippen LogP contribution >= 0.6 is 0 Å². The van der Waals surface area contributed by atoms with Gasteiger partial charge >= 0.3 is 5.97 Å². The average Bonchev–Trinajstić information content (AvgIpc) is 3.46. The van der Waals surface area contributed by atoms with E-state index < -0.39 is 5.97 Å². The third kappa shape index (κ3) is 7.84. The highest BCUT2D eigenvalue weighted by Crippen LogP contribution is 2.46. The van der Waals surface area contributed by atoms with Gasteiger partial charge in [0.05, 0.1) is 18.8 Å². The molecule has 3 aliphatic rings. The van der Waals surface area contributed by atoms with Gasteiger partial charge in [-0.2, -0.15) is 0 Å². The van der Waals surface area contributed by atoms with E-state index in [-0.39, 0.29) is 23.8 Å². The summed E-state index contributed by atoms with van der Waals surface area (Å²) in [7, 11) is 0. The second kappa shape index (κ2) is 16.1. The zero-order valence-electron chi connectivity index (χ0n) is 27.9. The second-order valence-corrected chi connectivity index (χ2v) is 12.2. The molecule has 1 N–H and O–H groups in total. The Balaban J connectivity index is 0.00000213. The van der Waals surface area contributed by atoms with Crippen molar-refractivity contribution in [1.29, 1.82) is 0 Å². The zero-order valence-corrected chi connectivity index (χ0v) is 27.9. The molecule has 47 heavy (non-hydrogen) atoms. The topological polar surface area (TPSA) is 70.1 Å². The minimum absolute atomic E-state index is 0.0123. The highest BCUT2D eigenvalue weighted by molar-refractivity contribution is 5.93. The summed E-state index contributed by atoms with van der Waals surface area (Å²) in [5.41, 5.74) is 5.82. The van der Waals surface area contributed by atoms with Gasteiger partial charge in [-0.15, -0.1) is 0 Å². The van der Waals surface area contributed by atoms with Crippen molar-refractivity contribution in [2.75, 3.05) is 32.8 Å². The van der Waals surface area contributed by atoms with E-state index in [2.05, 4.69) is 23.1 Å². The predicted octanol–water partition coefficient (Wildman–Crippen LogP) is 8.83. The fraction of sp³-hybridized carbons (Fsp3) is 0.400. The number of amides is 1. The van der Waals surface area contributed by atoms with Crippen LogP contribution in [-0.4, -0.2) is 59.6 Å². The van der Waals surface area contributed by atoms with Crippen molar-refractivity contribution in [3.8, 4) is 11.1 Å². The Hall–Kier alpha value is -4.23. The number of benzene rings is 3. The second-order valence-electron chi connectivity index (χ2n) is 12.2. The Bertz CT molecular complexity index is 1680. The van der Waals surface area contributed by atoms with Gasteiger partial charge in [0.2, 0.25) is 5.91 Å². The summed E-state index contributed by atoms with van der Waals surface area (Å²) >= 11 is 0. The number of rotatable bonds is 8. The molecule has 3 aromatic carbocycles. The lowest BCUT2D eigenvalue weighted by molar-refractivity contribution is -0.135. The first kappa shape index (κ1) is 34.1. The number of aliphatic carboxylic acids is 1. The Morgan fingerprint density at radius 2 is 1.60 bits per heavy atom. The molecule has 0 radical (unpaired) electrons. The number of morpholine rings is 1. The van der Waals surface area contributed by atoms with Gasteiger partial charge in [-0.3, -0.25) is 4.79 Å². The van der Waals surface area contributed by atoms with E-state index in [0.717, 1.165) is 46.1 Å². The van der Waals surface area contributed by atoms with E-state index in [0.29, 0.717) is 50.6 Å². The summed E-state index contributed by atoms with van der Waals surface area (Å²) in [5, 5.41) is 12.0. The van der Waals surface area contributed by atoms with Gasteiger partial charge in [0.15, 0.2) is 0 Å². The summed E-state index contributed by atoms with van der Waals surface area (Å²) < 4.78 is 20.1. The normalized spacial score (nSPS) is 18.5. The maximum atomic E-state index is 14.6. The third-order valence-electron chi connectivity index (χ3n) is 9.34. The summed E-state index contributed by atoms with van der Waals surface area (Å²) in [4.78, 5) is 29.9. The largest absolute Gasteiger partial charge is 0.478 e. The van der Waals surface area contributed by atoms with Crippen LogP contribution in [0.4, 0.5) is 4.39 Å². The molecule has 0 atom stereocenters. The van der Waals surface area contributed by atoms with Crippen LogP contribution in [0.2, 0.25) is 0 Å². The van der Waals surface area contributed by atoms with Crippen LogP contribution in [0.5, 0.6) is 0 Å². The molecular formula is C40H47FN2O4. The maximum Gasteiger partial charge on any atom is 0.335 e. The van der Waals surface area contributed by atoms with E-state index in [1.165, 1.54) is 30.9 Å². The van der Waals surface area contributed by atoms with Gasteiger partial charge in [0, 0.05) is 36.5 Å². The number of carbonyl (C=O) groups is 2. The first-order valence-electron chi connectivity index (χ1n) is 17.2. The highest BCUT2D eigenvalue weighted by atomic mass is 19.1.